The zero-order valence-electron chi connectivity index (χ0n) is 11.1. The number of nitrogens with one attached hydrogen (secondary N) is 1. The van der Waals surface area contributed by atoms with E-state index >= 15 is 0 Å². The molecular formula is C14H18N2O3. The van der Waals surface area contributed by atoms with Gasteiger partial charge in [0.15, 0.2) is 0 Å². The van der Waals surface area contributed by atoms with Gasteiger partial charge in [-0.25, -0.2) is 0 Å². The highest BCUT2D eigenvalue weighted by Gasteiger charge is 2.44. The summed E-state index contributed by atoms with van der Waals surface area (Å²) < 4.78 is 5.38. The van der Waals surface area contributed by atoms with E-state index in [0.717, 1.165) is 12.0 Å². The first-order valence-electron chi connectivity index (χ1n) is 6.35. The molecule has 1 fully saturated rings. The highest BCUT2D eigenvalue weighted by Crippen LogP contribution is 2.35. The van der Waals surface area contributed by atoms with Crippen molar-refractivity contribution >= 4 is 17.5 Å². The minimum atomic E-state index is -0.505. The normalized spacial score (nSPS) is 20.9. The Labute approximate surface area is 112 Å². The van der Waals surface area contributed by atoms with Gasteiger partial charge in [0.25, 0.3) is 0 Å². The van der Waals surface area contributed by atoms with Gasteiger partial charge >= 0.3 is 0 Å². The molecule has 1 aromatic rings. The quantitative estimate of drug-likeness (QED) is 0.842. The lowest BCUT2D eigenvalue weighted by atomic mass is 10.1. The Kier molecular flexibility index (Phi) is 3.85. The number of rotatable bonds is 5. The molecule has 0 saturated heterocycles. The van der Waals surface area contributed by atoms with Gasteiger partial charge in [0, 0.05) is 17.9 Å². The predicted molar refractivity (Wildman–Crippen MR) is 71.8 cm³/mol. The topological polar surface area (TPSA) is 81.4 Å². The lowest BCUT2D eigenvalue weighted by Gasteiger charge is -2.09. The van der Waals surface area contributed by atoms with Crippen LogP contribution in [0.4, 0.5) is 5.69 Å². The maximum Gasteiger partial charge on any atom is 0.248 e. The van der Waals surface area contributed by atoms with Crippen molar-refractivity contribution in [3.8, 4) is 0 Å². The van der Waals surface area contributed by atoms with Crippen LogP contribution in [0.3, 0.4) is 0 Å². The summed E-state index contributed by atoms with van der Waals surface area (Å²) in [6.07, 6.45) is 0.790. The second kappa shape index (κ2) is 5.40. The molecule has 1 aliphatic rings. The average Bonchev–Trinajstić information content (AvgIpc) is 3.11. The van der Waals surface area contributed by atoms with Gasteiger partial charge in [-0.2, -0.15) is 0 Å². The van der Waals surface area contributed by atoms with Crippen molar-refractivity contribution in [2.24, 2.45) is 11.7 Å². The maximum absolute atomic E-state index is 12.0. The predicted octanol–water partition coefficient (Wildman–Crippen LogP) is 1.46. The van der Waals surface area contributed by atoms with Crippen LogP contribution in [0.2, 0.25) is 0 Å². The summed E-state index contributed by atoms with van der Waals surface area (Å²) in [6, 6.07) is 5.02. The number of ether oxygens (including phenoxy) is 1. The van der Waals surface area contributed by atoms with Crippen molar-refractivity contribution in [2.45, 2.75) is 26.4 Å². The molecule has 0 radical (unpaired) electrons. The Balaban J connectivity index is 2.05. The zero-order valence-corrected chi connectivity index (χ0v) is 11.1. The third-order valence-electron chi connectivity index (χ3n) is 3.23. The second-order valence-electron chi connectivity index (χ2n) is 4.72. The molecule has 1 aromatic carbocycles. The number of carbonyl (C=O) groups excluding carboxylic acids is 2. The summed E-state index contributed by atoms with van der Waals surface area (Å²) in [4.78, 5) is 23.1. The molecule has 3 N–H and O–H groups in total. The highest BCUT2D eigenvalue weighted by molar-refractivity contribution is 5.98. The van der Waals surface area contributed by atoms with Crippen molar-refractivity contribution < 1.29 is 14.3 Å². The molecule has 2 rings (SSSR count). The summed E-state index contributed by atoms with van der Waals surface area (Å²) in [7, 11) is 0. The zero-order chi connectivity index (χ0) is 14.0. The minimum Gasteiger partial charge on any atom is -0.378 e. The number of nitrogens with two attached hydrogens (primary N) is 1. The van der Waals surface area contributed by atoms with Crippen molar-refractivity contribution in [1.29, 1.82) is 0 Å². The number of anilines is 1. The van der Waals surface area contributed by atoms with Crippen molar-refractivity contribution in [1.82, 2.24) is 0 Å². The largest absolute Gasteiger partial charge is 0.378 e. The monoisotopic (exact) mass is 262 g/mol. The van der Waals surface area contributed by atoms with Crippen LogP contribution in [0.1, 0.15) is 29.3 Å². The molecular weight excluding hydrogens is 244 g/mol. The van der Waals surface area contributed by atoms with E-state index in [1.807, 2.05) is 13.8 Å². The fourth-order valence-corrected chi connectivity index (χ4v) is 1.98. The summed E-state index contributed by atoms with van der Waals surface area (Å²) in [5, 5.41) is 2.83. The molecule has 1 saturated carbocycles. The maximum atomic E-state index is 12.0. The summed E-state index contributed by atoms with van der Waals surface area (Å²) in [5.41, 5.74) is 7.14. The van der Waals surface area contributed by atoms with E-state index in [2.05, 4.69) is 5.32 Å². The van der Waals surface area contributed by atoms with Gasteiger partial charge in [0.05, 0.1) is 12.0 Å². The lowest BCUT2D eigenvalue weighted by molar-refractivity contribution is -0.118. The molecule has 0 heterocycles. The number of primary amides is 1. The Hall–Kier alpha value is -1.88. The molecule has 0 aromatic heterocycles. The number of aryl methyl sites for hydroxylation is 1. The summed E-state index contributed by atoms with van der Waals surface area (Å²) in [6.45, 7) is 4.39. The van der Waals surface area contributed by atoms with Crippen molar-refractivity contribution in [3.63, 3.8) is 0 Å². The first-order chi connectivity index (χ1) is 9.02. The van der Waals surface area contributed by atoms with E-state index in [0.29, 0.717) is 17.9 Å². The van der Waals surface area contributed by atoms with Crippen LogP contribution in [0, 0.1) is 12.8 Å². The lowest BCUT2D eigenvalue weighted by Crippen LogP contribution is -2.18. The van der Waals surface area contributed by atoms with Crippen LogP contribution >= 0.6 is 0 Å². The number of carbonyl (C=O) groups is 2. The van der Waals surface area contributed by atoms with Gasteiger partial charge in [-0.1, -0.05) is 6.07 Å². The first kappa shape index (κ1) is 13.5. The smallest absolute Gasteiger partial charge is 0.248 e. The summed E-state index contributed by atoms with van der Waals surface area (Å²) >= 11 is 0. The molecule has 0 bridgehead atoms. The molecule has 0 spiro atoms. The highest BCUT2D eigenvalue weighted by atomic mass is 16.5. The average molecular weight is 262 g/mol. The summed E-state index contributed by atoms with van der Waals surface area (Å²) in [5.74, 6) is -0.658. The van der Waals surface area contributed by atoms with Gasteiger partial charge in [-0.3, -0.25) is 9.59 Å². The molecule has 0 aliphatic heterocycles. The fraction of sp³-hybridized carbons (Fsp3) is 0.429. The van der Waals surface area contributed by atoms with E-state index in [1.165, 1.54) is 0 Å². The molecule has 2 atom stereocenters. The number of amides is 2. The van der Waals surface area contributed by atoms with Crippen molar-refractivity contribution in [2.75, 3.05) is 11.9 Å². The molecule has 5 nitrogen and oxygen atoms in total. The SMILES string of the molecule is CCOC1CC1C(=O)Nc1cc(C(N)=O)ccc1C. The molecule has 19 heavy (non-hydrogen) atoms. The van der Waals surface area contributed by atoms with Gasteiger partial charge in [-0.05, 0) is 38.0 Å². The van der Waals surface area contributed by atoms with Gasteiger partial charge < -0.3 is 15.8 Å². The fourth-order valence-electron chi connectivity index (χ4n) is 1.98. The van der Waals surface area contributed by atoms with E-state index in [9.17, 15) is 9.59 Å². The first-order valence-corrected chi connectivity index (χ1v) is 6.35. The van der Waals surface area contributed by atoms with E-state index in [1.54, 1.807) is 18.2 Å². The number of hydrogen-bond acceptors (Lipinski definition) is 3. The molecule has 5 heteroatoms. The van der Waals surface area contributed by atoms with Gasteiger partial charge in [0.2, 0.25) is 11.8 Å². The van der Waals surface area contributed by atoms with Crippen LogP contribution in [-0.4, -0.2) is 24.5 Å². The Bertz CT molecular complexity index is 513. The number of hydrogen-bond donors (Lipinski definition) is 2. The minimum absolute atomic E-state index is 0.0321. The number of benzene rings is 1. The van der Waals surface area contributed by atoms with Crippen LogP contribution in [0.5, 0.6) is 0 Å². The molecule has 1 aliphatic carbocycles. The standard InChI is InChI=1S/C14H18N2O3/c1-3-19-12-7-10(12)14(18)16-11-6-9(13(15)17)5-4-8(11)2/h4-6,10,12H,3,7H2,1-2H3,(H2,15,17)(H,16,18). The van der Waals surface area contributed by atoms with Crippen LogP contribution in [-0.2, 0) is 9.53 Å². The van der Waals surface area contributed by atoms with Gasteiger partial charge in [0.1, 0.15) is 0 Å². The van der Waals surface area contributed by atoms with Crippen LogP contribution in [0.15, 0.2) is 18.2 Å². The van der Waals surface area contributed by atoms with Gasteiger partial charge in [-0.15, -0.1) is 0 Å². The molecule has 2 amide bonds. The van der Waals surface area contributed by atoms with Crippen LogP contribution < -0.4 is 11.1 Å². The van der Waals surface area contributed by atoms with E-state index < -0.39 is 5.91 Å². The van der Waals surface area contributed by atoms with Crippen LogP contribution in [0.25, 0.3) is 0 Å². The Morgan fingerprint density at radius 2 is 2.21 bits per heavy atom. The van der Waals surface area contributed by atoms with E-state index in [-0.39, 0.29) is 17.9 Å². The molecule has 2 unspecified atom stereocenters. The Morgan fingerprint density at radius 3 is 2.84 bits per heavy atom. The van der Waals surface area contributed by atoms with Crippen molar-refractivity contribution in [3.05, 3.63) is 29.3 Å². The molecule has 102 valence electrons. The third-order valence-corrected chi connectivity index (χ3v) is 3.23. The Morgan fingerprint density at radius 1 is 1.47 bits per heavy atom. The second-order valence-corrected chi connectivity index (χ2v) is 4.72. The van der Waals surface area contributed by atoms with E-state index in [4.69, 9.17) is 10.5 Å². The third kappa shape index (κ3) is 3.12.